The number of nitrogens with zero attached hydrogens (tertiary/aromatic N) is 3. The van der Waals surface area contributed by atoms with E-state index >= 15 is 0 Å². The molecule has 1 aromatic heterocycles. The minimum atomic E-state index is -0.447. The van der Waals surface area contributed by atoms with Crippen LogP contribution in [0.3, 0.4) is 0 Å². The third kappa shape index (κ3) is 2.97. The molecule has 0 fully saturated rings. The van der Waals surface area contributed by atoms with Crippen LogP contribution in [0.15, 0.2) is 48.8 Å². The van der Waals surface area contributed by atoms with E-state index in [9.17, 15) is 14.9 Å². The zero-order chi connectivity index (χ0) is 14.5. The Labute approximate surface area is 115 Å². The van der Waals surface area contributed by atoms with E-state index < -0.39 is 4.92 Å². The Morgan fingerprint density at radius 2 is 2.05 bits per heavy atom. The van der Waals surface area contributed by atoms with Gasteiger partial charge < -0.3 is 4.90 Å². The first-order valence-corrected chi connectivity index (χ1v) is 5.97. The van der Waals surface area contributed by atoms with Crippen molar-refractivity contribution in [3.05, 3.63) is 70.0 Å². The average Bonchev–Trinajstić information content (AvgIpc) is 2.47. The molecule has 0 atom stereocenters. The monoisotopic (exact) mass is 271 g/mol. The van der Waals surface area contributed by atoms with E-state index in [1.807, 2.05) is 0 Å². The van der Waals surface area contributed by atoms with Gasteiger partial charge in [-0.05, 0) is 12.1 Å². The fourth-order valence-corrected chi connectivity index (χ4v) is 1.86. The molecule has 0 N–H and O–H groups in total. The number of amides is 1. The van der Waals surface area contributed by atoms with E-state index in [0.29, 0.717) is 11.1 Å². The quantitative estimate of drug-likeness (QED) is 0.631. The number of nitro groups is 1. The van der Waals surface area contributed by atoms with Gasteiger partial charge in [0, 0.05) is 31.1 Å². The lowest BCUT2D eigenvalue weighted by molar-refractivity contribution is -0.385. The largest absolute Gasteiger partial charge is 0.337 e. The Kier molecular flexibility index (Phi) is 4.05. The van der Waals surface area contributed by atoms with E-state index in [-0.39, 0.29) is 18.1 Å². The molecule has 0 spiro atoms. The van der Waals surface area contributed by atoms with Crippen LogP contribution < -0.4 is 0 Å². The maximum atomic E-state index is 12.1. The van der Waals surface area contributed by atoms with Crippen molar-refractivity contribution in [1.29, 1.82) is 0 Å². The summed E-state index contributed by atoms with van der Waals surface area (Å²) < 4.78 is 0. The molecule has 0 unspecified atom stereocenters. The summed E-state index contributed by atoms with van der Waals surface area (Å²) in [6.45, 7) is 0.172. The summed E-state index contributed by atoms with van der Waals surface area (Å²) in [5, 5.41) is 10.9. The van der Waals surface area contributed by atoms with E-state index in [1.165, 1.54) is 17.2 Å². The molecule has 1 heterocycles. The number of carbonyl (C=O) groups excluding carboxylic acids is 1. The van der Waals surface area contributed by atoms with E-state index in [1.54, 1.807) is 43.6 Å². The molecule has 0 aliphatic heterocycles. The van der Waals surface area contributed by atoms with Crippen LogP contribution in [-0.2, 0) is 6.54 Å². The van der Waals surface area contributed by atoms with Gasteiger partial charge in [-0.15, -0.1) is 0 Å². The van der Waals surface area contributed by atoms with Crippen LogP contribution in [0.1, 0.15) is 15.9 Å². The molecule has 1 amide bonds. The molecule has 0 bridgehead atoms. The number of benzene rings is 1. The number of rotatable bonds is 4. The van der Waals surface area contributed by atoms with Gasteiger partial charge in [0.2, 0.25) is 0 Å². The molecule has 102 valence electrons. The second-order valence-corrected chi connectivity index (χ2v) is 4.29. The highest BCUT2D eigenvalue weighted by atomic mass is 16.6. The third-order valence-corrected chi connectivity index (χ3v) is 2.85. The maximum absolute atomic E-state index is 12.1. The molecule has 1 aromatic carbocycles. The van der Waals surface area contributed by atoms with Crippen LogP contribution in [0, 0.1) is 10.1 Å². The third-order valence-electron chi connectivity index (χ3n) is 2.85. The normalized spacial score (nSPS) is 10.1. The van der Waals surface area contributed by atoms with Crippen LogP contribution in [0.2, 0.25) is 0 Å². The van der Waals surface area contributed by atoms with E-state index in [2.05, 4.69) is 4.98 Å². The molecule has 2 rings (SSSR count). The van der Waals surface area contributed by atoms with Crippen LogP contribution >= 0.6 is 0 Å². The Morgan fingerprint density at radius 3 is 2.70 bits per heavy atom. The fraction of sp³-hybridized carbons (Fsp3) is 0.143. The van der Waals surface area contributed by atoms with Crippen molar-refractivity contribution in [2.45, 2.75) is 6.54 Å². The van der Waals surface area contributed by atoms with Crippen molar-refractivity contribution < 1.29 is 9.72 Å². The lowest BCUT2D eigenvalue weighted by Crippen LogP contribution is -2.26. The van der Waals surface area contributed by atoms with Gasteiger partial charge in [-0.1, -0.05) is 18.2 Å². The molecule has 0 aliphatic rings. The molecule has 0 aliphatic carbocycles. The minimum absolute atomic E-state index is 0.0123. The molecule has 0 saturated carbocycles. The number of nitro benzene ring substituents is 1. The molecular formula is C14H13N3O3. The smallest absolute Gasteiger partial charge is 0.274 e. The molecule has 0 saturated heterocycles. The van der Waals surface area contributed by atoms with E-state index in [4.69, 9.17) is 0 Å². The van der Waals surface area contributed by atoms with Gasteiger partial charge in [-0.25, -0.2) is 0 Å². The second kappa shape index (κ2) is 5.92. The molecule has 0 radical (unpaired) electrons. The van der Waals surface area contributed by atoms with Gasteiger partial charge in [0.05, 0.1) is 17.0 Å². The van der Waals surface area contributed by atoms with Gasteiger partial charge in [0.25, 0.3) is 11.6 Å². The predicted octanol–water partition coefficient (Wildman–Crippen LogP) is 2.26. The van der Waals surface area contributed by atoms with Crippen molar-refractivity contribution in [1.82, 2.24) is 9.88 Å². The minimum Gasteiger partial charge on any atom is -0.337 e. The first kappa shape index (κ1) is 13.7. The van der Waals surface area contributed by atoms with Crippen LogP contribution in [0.25, 0.3) is 0 Å². The van der Waals surface area contributed by atoms with Gasteiger partial charge in [-0.3, -0.25) is 19.9 Å². The lowest BCUT2D eigenvalue weighted by Gasteiger charge is -2.17. The number of hydrogen-bond donors (Lipinski definition) is 0. The Hall–Kier alpha value is -2.76. The summed E-state index contributed by atoms with van der Waals surface area (Å²) >= 11 is 0. The number of aromatic nitrogens is 1. The Bertz CT molecular complexity index is 629. The summed E-state index contributed by atoms with van der Waals surface area (Å²) in [4.78, 5) is 27.9. The average molecular weight is 271 g/mol. The Balaban J connectivity index is 2.18. The number of hydrogen-bond acceptors (Lipinski definition) is 4. The highest BCUT2D eigenvalue weighted by Crippen LogP contribution is 2.19. The fourth-order valence-electron chi connectivity index (χ4n) is 1.86. The second-order valence-electron chi connectivity index (χ2n) is 4.29. The molecule has 20 heavy (non-hydrogen) atoms. The molecule has 2 aromatic rings. The van der Waals surface area contributed by atoms with E-state index in [0.717, 1.165) is 0 Å². The highest BCUT2D eigenvalue weighted by molar-refractivity contribution is 5.93. The van der Waals surface area contributed by atoms with Crippen molar-refractivity contribution in [2.24, 2.45) is 0 Å². The van der Waals surface area contributed by atoms with Crippen molar-refractivity contribution in [2.75, 3.05) is 7.05 Å². The number of carbonyl (C=O) groups is 1. The highest BCUT2D eigenvalue weighted by Gasteiger charge is 2.17. The summed E-state index contributed by atoms with van der Waals surface area (Å²) in [5.74, 6) is -0.226. The van der Waals surface area contributed by atoms with Crippen LogP contribution in [0.4, 0.5) is 5.69 Å². The zero-order valence-corrected chi connectivity index (χ0v) is 10.9. The number of para-hydroxylation sites is 1. The Morgan fingerprint density at radius 1 is 1.30 bits per heavy atom. The molecule has 6 heteroatoms. The summed E-state index contributed by atoms with van der Waals surface area (Å²) in [6.07, 6.45) is 3.05. The summed E-state index contributed by atoms with van der Waals surface area (Å²) in [6, 6.07) is 9.72. The van der Waals surface area contributed by atoms with Crippen molar-refractivity contribution >= 4 is 11.6 Å². The van der Waals surface area contributed by atoms with Gasteiger partial charge >= 0.3 is 0 Å². The van der Waals surface area contributed by atoms with Crippen LogP contribution in [-0.4, -0.2) is 27.8 Å². The standard InChI is InChI=1S/C14H13N3O3/c1-16(14(18)11-6-4-8-15-9-11)10-12-5-2-3-7-13(12)17(19)20/h2-9H,10H2,1H3. The van der Waals surface area contributed by atoms with Gasteiger partial charge in [0.15, 0.2) is 0 Å². The lowest BCUT2D eigenvalue weighted by atomic mass is 10.1. The van der Waals surface area contributed by atoms with Gasteiger partial charge in [-0.2, -0.15) is 0 Å². The SMILES string of the molecule is CN(Cc1ccccc1[N+](=O)[O-])C(=O)c1cccnc1. The van der Waals surface area contributed by atoms with Crippen molar-refractivity contribution in [3.63, 3.8) is 0 Å². The zero-order valence-electron chi connectivity index (χ0n) is 10.9. The summed E-state index contributed by atoms with van der Waals surface area (Å²) in [7, 11) is 1.60. The first-order chi connectivity index (χ1) is 9.59. The van der Waals surface area contributed by atoms with Crippen LogP contribution in [0.5, 0.6) is 0 Å². The topological polar surface area (TPSA) is 76.3 Å². The predicted molar refractivity (Wildman–Crippen MR) is 73.1 cm³/mol. The molecular weight excluding hydrogens is 258 g/mol. The molecule has 6 nitrogen and oxygen atoms in total. The first-order valence-electron chi connectivity index (χ1n) is 5.97. The maximum Gasteiger partial charge on any atom is 0.274 e. The summed E-state index contributed by atoms with van der Waals surface area (Å²) in [5.41, 5.74) is 0.962. The van der Waals surface area contributed by atoms with Gasteiger partial charge in [0.1, 0.15) is 0 Å². The number of pyridine rings is 1. The van der Waals surface area contributed by atoms with Crippen molar-refractivity contribution in [3.8, 4) is 0 Å².